The highest BCUT2D eigenvalue weighted by Gasteiger charge is 2.40. The first-order valence-corrected chi connectivity index (χ1v) is 16.6. The Bertz CT molecular complexity index is 1590. The van der Waals surface area contributed by atoms with E-state index in [9.17, 15) is 24.0 Å². The first-order valence-electron chi connectivity index (χ1n) is 16.2. The molecule has 7 N–H and O–H groups in total. The third-order valence-corrected chi connectivity index (χ3v) is 8.45. The van der Waals surface area contributed by atoms with Crippen molar-refractivity contribution >= 4 is 58.8 Å². The Morgan fingerprint density at radius 2 is 1.78 bits per heavy atom. The number of nitrogens with two attached hydrogens (primary N) is 2. The first kappa shape index (κ1) is 36.8. The van der Waals surface area contributed by atoms with Crippen LogP contribution in [0.4, 0.5) is 11.6 Å². The minimum Gasteiger partial charge on any atom is -0.456 e. The molecule has 0 aliphatic carbocycles. The molecule has 2 aliphatic heterocycles. The molecule has 0 saturated carbocycles. The highest BCUT2D eigenvalue weighted by molar-refractivity contribution is 6.31. The normalized spacial score (nSPS) is 14.8. The molecule has 17 heteroatoms. The zero-order valence-corrected chi connectivity index (χ0v) is 28.5. The second-order valence-corrected chi connectivity index (χ2v) is 12.3. The van der Waals surface area contributed by atoms with Gasteiger partial charge in [0.1, 0.15) is 0 Å². The number of nitrogen functional groups attached to an aromatic ring is 2. The molecule has 264 valence electrons. The maximum Gasteiger partial charge on any atom is 0.308 e. The summed E-state index contributed by atoms with van der Waals surface area (Å²) in [5, 5.41) is 8.47. The smallest absolute Gasteiger partial charge is 0.308 e. The van der Waals surface area contributed by atoms with Gasteiger partial charge in [0.05, 0.1) is 24.9 Å². The predicted molar refractivity (Wildman–Crippen MR) is 183 cm³/mol. The SMILES string of the molecule is CCCN(CCC)C(=O)COC(=O)CCNC(=O)Cc1cccc(C(=O)N2CCC3(CC2)CN=C(NC(=O)c2nc(Cl)c(N)nc2N)N3)c1. The monoisotopic (exact) mass is 698 g/mol. The predicted octanol–water partition coefficient (Wildman–Crippen LogP) is 0.899. The van der Waals surface area contributed by atoms with Crippen molar-refractivity contribution in [1.82, 2.24) is 35.7 Å². The Labute approximate surface area is 289 Å². The molecule has 0 bridgehead atoms. The van der Waals surface area contributed by atoms with Gasteiger partial charge in [0, 0.05) is 38.3 Å². The zero-order chi connectivity index (χ0) is 35.6. The van der Waals surface area contributed by atoms with Crippen LogP contribution in [0.1, 0.15) is 72.4 Å². The van der Waals surface area contributed by atoms with Crippen molar-refractivity contribution in [2.24, 2.45) is 4.99 Å². The summed E-state index contributed by atoms with van der Waals surface area (Å²) in [6.07, 6.45) is 2.77. The van der Waals surface area contributed by atoms with Crippen LogP contribution in [0.3, 0.4) is 0 Å². The number of nitrogens with zero attached hydrogens (tertiary/aromatic N) is 5. The molecule has 3 heterocycles. The lowest BCUT2D eigenvalue weighted by atomic mass is 9.88. The summed E-state index contributed by atoms with van der Waals surface area (Å²) in [5.41, 5.74) is 11.9. The van der Waals surface area contributed by atoms with Crippen molar-refractivity contribution in [2.75, 3.05) is 57.3 Å². The fraction of sp³-hybridized carbons (Fsp3) is 0.500. The van der Waals surface area contributed by atoms with E-state index in [0.29, 0.717) is 56.7 Å². The summed E-state index contributed by atoms with van der Waals surface area (Å²) < 4.78 is 5.09. The number of anilines is 2. The minimum absolute atomic E-state index is 0.0241. The van der Waals surface area contributed by atoms with Crippen LogP contribution in [-0.4, -0.2) is 107 Å². The molecule has 16 nitrogen and oxygen atoms in total. The fourth-order valence-corrected chi connectivity index (χ4v) is 5.71. The number of carbonyl (C=O) groups is 5. The number of rotatable bonds is 13. The molecule has 4 amide bonds. The van der Waals surface area contributed by atoms with E-state index in [2.05, 4.69) is 30.9 Å². The molecule has 1 spiro atoms. The molecular weight excluding hydrogens is 656 g/mol. The van der Waals surface area contributed by atoms with Crippen LogP contribution >= 0.6 is 11.6 Å². The Balaban J connectivity index is 1.19. The molecule has 1 saturated heterocycles. The number of benzene rings is 1. The van der Waals surface area contributed by atoms with Crippen LogP contribution in [0, 0.1) is 0 Å². The summed E-state index contributed by atoms with van der Waals surface area (Å²) in [7, 11) is 0. The summed E-state index contributed by atoms with van der Waals surface area (Å²) >= 11 is 5.89. The Morgan fingerprint density at radius 1 is 1.06 bits per heavy atom. The number of ether oxygens (including phenoxy) is 1. The number of hydrogen-bond donors (Lipinski definition) is 5. The molecule has 1 aromatic heterocycles. The highest BCUT2D eigenvalue weighted by atomic mass is 35.5. The average molecular weight is 699 g/mol. The number of hydrogen-bond acceptors (Lipinski definition) is 12. The molecule has 2 aromatic rings. The maximum absolute atomic E-state index is 13.4. The van der Waals surface area contributed by atoms with Crippen LogP contribution < -0.4 is 27.4 Å². The summed E-state index contributed by atoms with van der Waals surface area (Å²) in [5.74, 6) is -1.88. The second-order valence-electron chi connectivity index (χ2n) is 12.0. The van der Waals surface area contributed by atoms with Gasteiger partial charge in [0.15, 0.2) is 35.0 Å². The van der Waals surface area contributed by atoms with Gasteiger partial charge in [-0.05, 0) is 43.4 Å². The molecule has 0 atom stereocenters. The third kappa shape index (κ3) is 10.0. The van der Waals surface area contributed by atoms with E-state index in [1.165, 1.54) is 0 Å². The number of amides is 4. The lowest BCUT2D eigenvalue weighted by Crippen LogP contribution is -2.57. The third-order valence-electron chi connectivity index (χ3n) is 8.17. The van der Waals surface area contributed by atoms with Crippen molar-refractivity contribution in [3.05, 3.63) is 46.2 Å². The van der Waals surface area contributed by atoms with Crippen molar-refractivity contribution in [3.63, 3.8) is 0 Å². The highest BCUT2D eigenvalue weighted by Crippen LogP contribution is 2.27. The van der Waals surface area contributed by atoms with Crippen LogP contribution in [-0.2, 0) is 25.5 Å². The Hall–Kier alpha value is -4.99. The van der Waals surface area contributed by atoms with Gasteiger partial charge in [0.25, 0.3) is 17.7 Å². The van der Waals surface area contributed by atoms with Crippen LogP contribution in [0.2, 0.25) is 5.15 Å². The van der Waals surface area contributed by atoms with E-state index in [1.807, 2.05) is 13.8 Å². The van der Waals surface area contributed by atoms with Gasteiger partial charge in [-0.15, -0.1) is 0 Å². The molecule has 2 aliphatic rings. The van der Waals surface area contributed by atoms with E-state index in [4.69, 9.17) is 27.8 Å². The van der Waals surface area contributed by atoms with Gasteiger partial charge < -0.3 is 36.6 Å². The first-order chi connectivity index (χ1) is 23.4. The van der Waals surface area contributed by atoms with Crippen molar-refractivity contribution < 1.29 is 28.7 Å². The number of aromatic nitrogens is 2. The topological polar surface area (TPSA) is 227 Å². The van der Waals surface area contributed by atoms with Gasteiger partial charge >= 0.3 is 5.97 Å². The molecule has 1 fully saturated rings. The molecular formula is C32H43ClN10O6. The van der Waals surface area contributed by atoms with Gasteiger partial charge in [-0.3, -0.25) is 34.3 Å². The van der Waals surface area contributed by atoms with Gasteiger partial charge in [-0.2, -0.15) is 0 Å². The standard InChI is InChI=1S/C32H43ClN10O6/c1-3-12-42(13-4-2)23(45)18-49-24(46)8-11-36-22(44)17-20-6-5-7-21(16-20)30(48)43-14-9-32(10-15-43)19-37-31(41-32)40-29(47)25-27(34)39-28(35)26(33)38-25/h5-7,16H,3-4,8-15,17-19H2,1-2H3,(H,36,44)(H4,34,35,39)(H2,37,40,41,47). The lowest BCUT2D eigenvalue weighted by molar-refractivity contribution is -0.152. The molecule has 0 unspecified atom stereocenters. The fourth-order valence-electron chi connectivity index (χ4n) is 5.58. The van der Waals surface area contributed by atoms with Crippen molar-refractivity contribution in [3.8, 4) is 0 Å². The van der Waals surface area contributed by atoms with E-state index in [1.54, 1.807) is 34.1 Å². The zero-order valence-electron chi connectivity index (χ0n) is 27.7. The average Bonchev–Trinajstić information content (AvgIpc) is 3.46. The summed E-state index contributed by atoms with van der Waals surface area (Å²) in [4.78, 5) is 78.5. The van der Waals surface area contributed by atoms with Gasteiger partial charge in [-0.25, -0.2) is 9.97 Å². The number of esters is 1. The molecule has 49 heavy (non-hydrogen) atoms. The van der Waals surface area contributed by atoms with Crippen LogP contribution in [0.5, 0.6) is 0 Å². The number of halogens is 1. The second kappa shape index (κ2) is 16.9. The van der Waals surface area contributed by atoms with Crippen LogP contribution in [0.15, 0.2) is 29.3 Å². The number of carbonyl (C=O) groups excluding carboxylic acids is 5. The Kier molecular flexibility index (Phi) is 12.7. The van der Waals surface area contributed by atoms with Crippen molar-refractivity contribution in [1.29, 1.82) is 0 Å². The largest absolute Gasteiger partial charge is 0.456 e. The minimum atomic E-state index is -0.635. The Morgan fingerprint density at radius 3 is 2.47 bits per heavy atom. The summed E-state index contributed by atoms with van der Waals surface area (Å²) in [6, 6.07) is 6.87. The quantitative estimate of drug-likeness (QED) is 0.185. The number of likely N-dealkylation sites (tertiary alicyclic amines) is 1. The van der Waals surface area contributed by atoms with Gasteiger partial charge in [-0.1, -0.05) is 37.6 Å². The van der Waals surface area contributed by atoms with E-state index >= 15 is 0 Å². The van der Waals surface area contributed by atoms with Crippen LogP contribution in [0.25, 0.3) is 0 Å². The number of piperidine rings is 1. The van der Waals surface area contributed by atoms with E-state index < -0.39 is 17.4 Å². The number of nitrogens with one attached hydrogen (secondary N) is 3. The molecule has 1 aromatic carbocycles. The van der Waals surface area contributed by atoms with Gasteiger partial charge in [0.2, 0.25) is 5.91 Å². The summed E-state index contributed by atoms with van der Waals surface area (Å²) in [6.45, 7) is 6.24. The number of aliphatic imine (C=N–C) groups is 1. The lowest BCUT2D eigenvalue weighted by Gasteiger charge is -2.39. The van der Waals surface area contributed by atoms with E-state index in [0.717, 1.165) is 12.8 Å². The molecule has 4 rings (SSSR count). The van der Waals surface area contributed by atoms with E-state index in [-0.39, 0.29) is 72.2 Å². The molecule has 0 radical (unpaired) electrons. The number of guanidine groups is 1. The van der Waals surface area contributed by atoms with Crippen molar-refractivity contribution in [2.45, 2.75) is 57.9 Å². The maximum atomic E-state index is 13.4.